The van der Waals surface area contributed by atoms with Crippen LogP contribution in [0.4, 0.5) is 4.39 Å². The van der Waals surface area contributed by atoms with Gasteiger partial charge in [-0.2, -0.15) is 0 Å². The quantitative estimate of drug-likeness (QED) is 0.888. The van der Waals surface area contributed by atoms with Gasteiger partial charge in [0.1, 0.15) is 11.5 Å². The highest BCUT2D eigenvalue weighted by Gasteiger charge is 2.19. The lowest BCUT2D eigenvalue weighted by atomic mass is 10.1. The molecule has 18 heavy (non-hydrogen) atoms. The van der Waals surface area contributed by atoms with Crippen LogP contribution in [0.2, 0.25) is 0 Å². The van der Waals surface area contributed by atoms with Crippen LogP contribution in [0.15, 0.2) is 42.6 Å². The van der Waals surface area contributed by atoms with E-state index in [0.717, 1.165) is 5.56 Å². The van der Waals surface area contributed by atoms with E-state index in [9.17, 15) is 9.18 Å². The van der Waals surface area contributed by atoms with Crippen LogP contribution in [0, 0.1) is 5.82 Å². The molecule has 94 valence electrons. The van der Waals surface area contributed by atoms with Gasteiger partial charge in [-0.1, -0.05) is 12.1 Å². The molecule has 0 aliphatic heterocycles. The van der Waals surface area contributed by atoms with Gasteiger partial charge in [0.2, 0.25) is 0 Å². The highest BCUT2D eigenvalue weighted by Crippen LogP contribution is 2.20. The molecule has 0 radical (unpaired) electrons. The van der Waals surface area contributed by atoms with Crippen LogP contribution >= 0.6 is 0 Å². The molecule has 1 aromatic carbocycles. The third-order valence-electron chi connectivity index (χ3n) is 3.08. The molecule has 1 aromatic heterocycles. The summed E-state index contributed by atoms with van der Waals surface area (Å²) in [6, 6.07) is 9.59. The van der Waals surface area contributed by atoms with Crippen molar-refractivity contribution in [2.45, 2.75) is 13.0 Å². The van der Waals surface area contributed by atoms with E-state index in [4.69, 9.17) is 0 Å². The molecule has 2 rings (SSSR count). The Morgan fingerprint density at radius 1 is 1.28 bits per heavy atom. The van der Waals surface area contributed by atoms with Crippen molar-refractivity contribution < 1.29 is 9.18 Å². The molecule has 0 saturated heterocycles. The fraction of sp³-hybridized carbons (Fsp3) is 0.214. The Balaban J connectivity index is 2.16. The van der Waals surface area contributed by atoms with Gasteiger partial charge in [-0.3, -0.25) is 4.79 Å². The summed E-state index contributed by atoms with van der Waals surface area (Å²) in [5.41, 5.74) is 1.45. The van der Waals surface area contributed by atoms with Crippen LogP contribution in [-0.4, -0.2) is 22.8 Å². The van der Waals surface area contributed by atoms with Crippen molar-refractivity contribution in [1.82, 2.24) is 9.88 Å². The summed E-state index contributed by atoms with van der Waals surface area (Å²) in [4.78, 5) is 16.6. The zero-order valence-electron chi connectivity index (χ0n) is 10.4. The maximum atomic E-state index is 12.8. The lowest BCUT2D eigenvalue weighted by Crippen LogP contribution is -2.29. The molecule has 1 amide bonds. The number of hydrogen-bond donors (Lipinski definition) is 1. The summed E-state index contributed by atoms with van der Waals surface area (Å²) in [5.74, 6) is -0.360. The number of aromatic amines is 1. The zero-order valence-corrected chi connectivity index (χ0v) is 10.4. The third-order valence-corrected chi connectivity index (χ3v) is 3.08. The summed E-state index contributed by atoms with van der Waals surface area (Å²) in [5, 5.41) is 0. The average Bonchev–Trinajstić information content (AvgIpc) is 2.91. The van der Waals surface area contributed by atoms with Gasteiger partial charge < -0.3 is 9.88 Å². The highest BCUT2D eigenvalue weighted by molar-refractivity contribution is 5.92. The third kappa shape index (κ3) is 2.42. The van der Waals surface area contributed by atoms with Crippen LogP contribution in [-0.2, 0) is 0 Å². The fourth-order valence-electron chi connectivity index (χ4n) is 1.79. The van der Waals surface area contributed by atoms with Crippen LogP contribution in [0.5, 0.6) is 0 Å². The maximum absolute atomic E-state index is 12.8. The summed E-state index contributed by atoms with van der Waals surface area (Å²) in [7, 11) is 1.73. The number of H-pyrrole nitrogens is 1. The average molecular weight is 246 g/mol. The minimum Gasteiger partial charge on any atom is -0.357 e. The standard InChI is InChI=1S/C14H15FN2O/c1-10(11-5-7-12(15)8-6-11)17(2)14(18)13-4-3-9-16-13/h3-10,16H,1-2H3. The molecule has 0 aliphatic carbocycles. The number of carbonyl (C=O) groups is 1. The molecule has 0 bridgehead atoms. The zero-order chi connectivity index (χ0) is 13.1. The van der Waals surface area contributed by atoms with Crippen LogP contribution in [0.1, 0.15) is 29.0 Å². The Morgan fingerprint density at radius 2 is 1.94 bits per heavy atom. The number of nitrogens with zero attached hydrogens (tertiary/aromatic N) is 1. The number of nitrogens with one attached hydrogen (secondary N) is 1. The van der Waals surface area contributed by atoms with Crippen molar-refractivity contribution in [2.24, 2.45) is 0 Å². The Morgan fingerprint density at radius 3 is 2.50 bits per heavy atom. The minimum absolute atomic E-state index is 0.0863. The number of carbonyl (C=O) groups excluding carboxylic acids is 1. The Bertz CT molecular complexity index is 519. The lowest BCUT2D eigenvalue weighted by Gasteiger charge is -2.24. The van der Waals surface area contributed by atoms with Crippen LogP contribution < -0.4 is 0 Å². The molecule has 2 aromatic rings. The summed E-state index contributed by atoms with van der Waals surface area (Å²) in [6.45, 7) is 1.91. The van der Waals surface area contributed by atoms with Gasteiger partial charge in [0.25, 0.3) is 5.91 Å². The van der Waals surface area contributed by atoms with Gasteiger partial charge >= 0.3 is 0 Å². The molecule has 1 atom stereocenters. The monoisotopic (exact) mass is 246 g/mol. The first-order chi connectivity index (χ1) is 8.59. The number of aromatic nitrogens is 1. The second kappa shape index (κ2) is 5.04. The Hall–Kier alpha value is -2.10. The second-order valence-corrected chi connectivity index (χ2v) is 4.23. The van der Waals surface area contributed by atoms with Crippen molar-refractivity contribution in [1.29, 1.82) is 0 Å². The van der Waals surface area contributed by atoms with Gasteiger partial charge in [-0.25, -0.2) is 4.39 Å². The van der Waals surface area contributed by atoms with Gasteiger partial charge in [-0.05, 0) is 36.8 Å². The van der Waals surface area contributed by atoms with E-state index in [1.54, 1.807) is 42.4 Å². The van der Waals surface area contributed by atoms with Crippen LogP contribution in [0.25, 0.3) is 0 Å². The molecule has 0 fully saturated rings. The van der Waals surface area contributed by atoms with E-state index in [1.807, 2.05) is 6.92 Å². The molecule has 1 unspecified atom stereocenters. The maximum Gasteiger partial charge on any atom is 0.270 e. The van der Waals surface area contributed by atoms with E-state index in [2.05, 4.69) is 4.98 Å². The summed E-state index contributed by atoms with van der Waals surface area (Å²) < 4.78 is 12.8. The van der Waals surface area contributed by atoms with E-state index in [0.29, 0.717) is 5.69 Å². The normalized spacial score (nSPS) is 12.2. The second-order valence-electron chi connectivity index (χ2n) is 4.23. The molecular formula is C14H15FN2O. The molecule has 1 heterocycles. The number of benzene rings is 1. The first kappa shape index (κ1) is 12.4. The SMILES string of the molecule is CC(c1ccc(F)cc1)N(C)C(=O)c1ccc[nH]1. The predicted octanol–water partition coefficient (Wildman–Crippen LogP) is 2.99. The predicted molar refractivity (Wildman–Crippen MR) is 67.7 cm³/mol. The summed E-state index contributed by atoms with van der Waals surface area (Å²) >= 11 is 0. The lowest BCUT2D eigenvalue weighted by molar-refractivity contribution is 0.0737. The Labute approximate surface area is 105 Å². The smallest absolute Gasteiger partial charge is 0.270 e. The molecule has 0 saturated carbocycles. The summed E-state index contributed by atoms with van der Waals surface area (Å²) in [6.07, 6.45) is 1.71. The van der Waals surface area contributed by atoms with Crippen molar-refractivity contribution in [2.75, 3.05) is 7.05 Å². The van der Waals surface area contributed by atoms with Crippen LogP contribution in [0.3, 0.4) is 0 Å². The molecule has 3 nitrogen and oxygen atoms in total. The number of hydrogen-bond acceptors (Lipinski definition) is 1. The molecule has 0 aliphatic rings. The van der Waals surface area contributed by atoms with Gasteiger partial charge in [0, 0.05) is 13.2 Å². The van der Waals surface area contributed by atoms with Gasteiger partial charge in [0.05, 0.1) is 6.04 Å². The van der Waals surface area contributed by atoms with Gasteiger partial charge in [-0.15, -0.1) is 0 Å². The van der Waals surface area contributed by atoms with Crippen molar-refractivity contribution in [3.63, 3.8) is 0 Å². The van der Waals surface area contributed by atoms with Crippen molar-refractivity contribution in [3.8, 4) is 0 Å². The Kier molecular flexibility index (Phi) is 3.46. The van der Waals surface area contributed by atoms with E-state index >= 15 is 0 Å². The first-order valence-electron chi connectivity index (χ1n) is 5.75. The molecule has 1 N–H and O–H groups in total. The number of halogens is 1. The van der Waals surface area contributed by atoms with E-state index in [1.165, 1.54) is 12.1 Å². The highest BCUT2D eigenvalue weighted by atomic mass is 19.1. The van der Waals surface area contributed by atoms with E-state index in [-0.39, 0.29) is 17.8 Å². The van der Waals surface area contributed by atoms with Gasteiger partial charge in [0.15, 0.2) is 0 Å². The molecule has 4 heteroatoms. The molecular weight excluding hydrogens is 231 g/mol. The van der Waals surface area contributed by atoms with Crippen molar-refractivity contribution in [3.05, 3.63) is 59.7 Å². The molecule has 0 spiro atoms. The topological polar surface area (TPSA) is 36.1 Å². The number of amides is 1. The van der Waals surface area contributed by atoms with Crippen molar-refractivity contribution >= 4 is 5.91 Å². The number of rotatable bonds is 3. The van der Waals surface area contributed by atoms with E-state index < -0.39 is 0 Å². The first-order valence-corrected chi connectivity index (χ1v) is 5.75. The largest absolute Gasteiger partial charge is 0.357 e. The fourth-order valence-corrected chi connectivity index (χ4v) is 1.79. The minimum atomic E-state index is -0.274.